The van der Waals surface area contributed by atoms with E-state index in [0.29, 0.717) is 30.5 Å². The predicted molar refractivity (Wildman–Crippen MR) is 81.6 cm³/mol. The standard InChI is InChI=1S/C18H21NO3/c1-19-8-7-18-11-4-5-13(20)17(18)22-16-14(21-2)6-3-10(15(16)18)9-12(11)19/h3,6,11-12,17H,4-5,7-9H2,1-2H3/t11-,12+,17?,18-/m0/s1/i2D3,3D,5D2,6D,17D. The van der Waals surface area contributed by atoms with Crippen molar-refractivity contribution >= 4 is 5.78 Å². The van der Waals surface area contributed by atoms with Crippen molar-refractivity contribution in [1.82, 2.24) is 4.90 Å². The molecule has 1 aromatic carbocycles. The van der Waals surface area contributed by atoms with E-state index in [0.717, 1.165) is 0 Å². The van der Waals surface area contributed by atoms with Crippen LogP contribution < -0.4 is 9.47 Å². The van der Waals surface area contributed by atoms with Crippen LogP contribution in [0.1, 0.15) is 41.3 Å². The van der Waals surface area contributed by atoms with Crippen molar-refractivity contribution in [3.63, 3.8) is 0 Å². The minimum absolute atomic E-state index is 0.0743. The van der Waals surface area contributed by atoms with Crippen LogP contribution in [0.25, 0.3) is 0 Å². The van der Waals surface area contributed by atoms with Gasteiger partial charge in [-0.1, -0.05) is 6.04 Å². The van der Waals surface area contributed by atoms with Crippen LogP contribution in [-0.4, -0.2) is 43.4 Å². The second-order valence-electron chi connectivity index (χ2n) is 6.59. The summed E-state index contributed by atoms with van der Waals surface area (Å²) in [6.45, 7) is 0.547. The molecule has 22 heavy (non-hydrogen) atoms. The highest BCUT2D eigenvalue weighted by molar-refractivity contribution is 5.89. The highest BCUT2D eigenvalue weighted by Crippen LogP contribution is 2.62. The second-order valence-corrected chi connectivity index (χ2v) is 6.59. The molecule has 0 N–H and O–H groups in total. The Morgan fingerprint density at radius 2 is 2.55 bits per heavy atom. The van der Waals surface area contributed by atoms with Crippen molar-refractivity contribution in [3.8, 4) is 11.5 Å². The zero-order valence-corrected chi connectivity index (χ0v) is 12.2. The Bertz CT molecular complexity index is 995. The molecule has 4 aliphatic rings. The summed E-state index contributed by atoms with van der Waals surface area (Å²) in [5.41, 5.74) is -0.340. The number of carbonyl (C=O) groups excluding carboxylic acids is 1. The maximum atomic E-state index is 13.2. The number of benzene rings is 1. The van der Waals surface area contributed by atoms with Gasteiger partial charge in [-0.15, -0.1) is 0 Å². The topological polar surface area (TPSA) is 38.8 Å². The van der Waals surface area contributed by atoms with E-state index in [4.69, 9.17) is 20.4 Å². The average Bonchev–Trinajstić information content (AvgIpc) is 2.89. The van der Waals surface area contributed by atoms with E-state index in [1.807, 2.05) is 7.05 Å². The fourth-order valence-corrected chi connectivity index (χ4v) is 4.88. The lowest BCUT2D eigenvalue weighted by molar-refractivity contribution is -0.138. The number of Topliss-reactive ketones (excluding diaryl/α,β-unsaturated/α-hetero) is 1. The minimum Gasteiger partial charge on any atom is -0.493 e. The fraction of sp³-hybridized carbons (Fsp3) is 0.611. The smallest absolute Gasteiger partial charge is 0.174 e. The number of ether oxygens (including phenoxy) is 2. The van der Waals surface area contributed by atoms with Gasteiger partial charge in [-0.2, -0.15) is 0 Å². The molecule has 2 heterocycles. The summed E-state index contributed by atoms with van der Waals surface area (Å²) >= 11 is 0. The first-order valence-electron chi connectivity index (χ1n) is 11.5. The Morgan fingerprint density at radius 1 is 1.64 bits per heavy atom. The lowest BCUT2D eigenvalue weighted by Gasteiger charge is -2.57. The minimum atomic E-state index is -2.92. The summed E-state index contributed by atoms with van der Waals surface area (Å²) in [6, 6.07) is -0.875. The second kappa shape index (κ2) is 4.05. The van der Waals surface area contributed by atoms with Crippen molar-refractivity contribution in [3.05, 3.63) is 23.2 Å². The molecule has 4 heteroatoms. The van der Waals surface area contributed by atoms with Crippen molar-refractivity contribution in [2.45, 2.75) is 43.2 Å². The quantitative estimate of drug-likeness (QED) is 0.795. The van der Waals surface area contributed by atoms with Gasteiger partial charge in [-0.3, -0.25) is 4.79 Å². The average molecular weight is 307 g/mol. The molecule has 1 spiro atoms. The number of methoxy groups -OCH3 is 1. The van der Waals surface area contributed by atoms with Crippen LogP contribution in [0.4, 0.5) is 0 Å². The molecule has 0 amide bonds. The van der Waals surface area contributed by atoms with Crippen LogP contribution in [0.15, 0.2) is 12.1 Å². The summed E-state index contributed by atoms with van der Waals surface area (Å²) < 4.78 is 75.8. The van der Waals surface area contributed by atoms with Gasteiger partial charge < -0.3 is 14.4 Å². The van der Waals surface area contributed by atoms with Crippen LogP contribution in [-0.2, 0) is 16.6 Å². The predicted octanol–water partition coefficient (Wildman–Crippen LogP) is 1.93. The molecule has 2 aliphatic heterocycles. The van der Waals surface area contributed by atoms with Gasteiger partial charge in [0.05, 0.1) is 15.3 Å². The molecule has 1 saturated carbocycles. The third-order valence-electron chi connectivity index (χ3n) is 5.84. The maximum absolute atomic E-state index is 13.2. The van der Waals surface area contributed by atoms with Crippen LogP contribution in [0.3, 0.4) is 0 Å². The number of likely N-dealkylation sites (N-methyl/N-ethyl adjacent to an activating group) is 1. The zero-order chi connectivity index (χ0) is 22.0. The molecule has 1 aromatic rings. The first kappa shape index (κ1) is 7.35. The third kappa shape index (κ3) is 1.27. The largest absolute Gasteiger partial charge is 0.493 e. The van der Waals surface area contributed by atoms with Gasteiger partial charge in [0, 0.05) is 26.1 Å². The third-order valence-corrected chi connectivity index (χ3v) is 5.84. The lowest BCUT2D eigenvalue weighted by atomic mass is 9.52. The molecule has 116 valence electrons. The van der Waals surface area contributed by atoms with Crippen LogP contribution >= 0.6 is 0 Å². The van der Waals surface area contributed by atoms with Gasteiger partial charge in [0.1, 0.15) is 0 Å². The van der Waals surface area contributed by atoms with Crippen molar-refractivity contribution < 1.29 is 25.2 Å². The van der Waals surface area contributed by atoms with Crippen LogP contribution in [0.5, 0.6) is 11.5 Å². The lowest BCUT2D eigenvalue weighted by Crippen LogP contribution is -2.65. The molecular formula is C18H21NO3. The van der Waals surface area contributed by atoms with E-state index in [-0.39, 0.29) is 24.3 Å². The molecule has 5 rings (SSSR count). The molecule has 2 aliphatic carbocycles. The maximum Gasteiger partial charge on any atom is 0.174 e. The van der Waals surface area contributed by atoms with Gasteiger partial charge in [-0.25, -0.2) is 0 Å². The van der Waals surface area contributed by atoms with Crippen LogP contribution in [0, 0.1) is 5.92 Å². The first-order valence-corrected chi connectivity index (χ1v) is 7.54. The Labute approximate surface area is 141 Å². The Morgan fingerprint density at radius 3 is 3.41 bits per heavy atom. The number of nitrogens with zero attached hydrogens (tertiary/aromatic N) is 1. The summed E-state index contributed by atoms with van der Waals surface area (Å²) in [6.07, 6.45) is -3.98. The van der Waals surface area contributed by atoms with Crippen molar-refractivity contribution in [2.24, 2.45) is 5.92 Å². The first-order chi connectivity index (χ1) is 13.7. The van der Waals surface area contributed by atoms with E-state index in [1.54, 1.807) is 0 Å². The monoisotopic (exact) mass is 307 g/mol. The molecule has 1 saturated heterocycles. The number of ketones is 1. The summed E-state index contributed by atoms with van der Waals surface area (Å²) in [5, 5.41) is 0. The number of hydrogen-bond acceptors (Lipinski definition) is 4. The van der Waals surface area contributed by atoms with Gasteiger partial charge in [0.2, 0.25) is 0 Å². The molecule has 2 bridgehead atoms. The van der Waals surface area contributed by atoms with Gasteiger partial charge in [0.15, 0.2) is 23.4 Å². The van der Waals surface area contributed by atoms with E-state index in [2.05, 4.69) is 4.90 Å². The summed E-state index contributed by atoms with van der Waals surface area (Å²) in [4.78, 5) is 15.3. The molecule has 0 aromatic heterocycles. The van der Waals surface area contributed by atoms with E-state index in [9.17, 15) is 4.79 Å². The molecule has 4 nitrogen and oxygen atoms in total. The summed E-state index contributed by atoms with van der Waals surface area (Å²) in [7, 11) is -1.02. The number of carbonyl (C=O) groups is 1. The van der Waals surface area contributed by atoms with Crippen molar-refractivity contribution in [1.29, 1.82) is 0 Å². The molecular weight excluding hydrogens is 278 g/mol. The van der Waals surface area contributed by atoms with Gasteiger partial charge in [-0.05, 0) is 50.4 Å². The van der Waals surface area contributed by atoms with E-state index >= 15 is 0 Å². The number of piperidine rings is 1. The Kier molecular flexibility index (Phi) is 1.35. The van der Waals surface area contributed by atoms with Crippen molar-refractivity contribution in [2.75, 3.05) is 20.6 Å². The molecule has 4 atom stereocenters. The molecule has 1 unspecified atom stereocenters. The highest BCUT2D eigenvalue weighted by atomic mass is 16.5. The van der Waals surface area contributed by atoms with E-state index in [1.165, 1.54) is 0 Å². The fourth-order valence-electron chi connectivity index (χ4n) is 4.88. The molecule has 2 fully saturated rings. The van der Waals surface area contributed by atoms with Gasteiger partial charge >= 0.3 is 0 Å². The SMILES string of the molecule is [2H]c1c([2H])c(OC([2H])([2H])[2H])c2c3c1C[C@@H]1[C@@H]4CC([2H])([2H])C(=O)C([2H])(O2)[C@]34CCN1C. The van der Waals surface area contributed by atoms with E-state index < -0.39 is 48.4 Å². The Hall–Kier alpha value is -1.55. The Balaban J connectivity index is 1.86. The number of hydrogen-bond donors (Lipinski definition) is 0. The molecule has 0 radical (unpaired) electrons. The zero-order valence-electron chi connectivity index (χ0n) is 20.2. The number of likely N-dealkylation sites (tertiary alicyclic amines) is 1. The van der Waals surface area contributed by atoms with Crippen LogP contribution in [0.2, 0.25) is 0 Å². The summed E-state index contributed by atoms with van der Waals surface area (Å²) in [5.74, 6) is -2.06. The number of rotatable bonds is 1. The van der Waals surface area contributed by atoms with Gasteiger partial charge in [0.25, 0.3) is 0 Å². The highest BCUT2D eigenvalue weighted by Gasteiger charge is 2.65. The normalized spacial score (nSPS) is 50.0.